The molecule has 0 fully saturated rings. The van der Waals surface area contributed by atoms with Crippen molar-refractivity contribution in [3.05, 3.63) is 143 Å². The molecule has 0 saturated heterocycles. The molecule has 0 amide bonds. The Bertz CT molecular complexity index is 2410. The van der Waals surface area contributed by atoms with Crippen molar-refractivity contribution in [2.45, 2.75) is 97.8 Å². The summed E-state index contributed by atoms with van der Waals surface area (Å²) >= 11 is 0. The predicted octanol–water partition coefficient (Wildman–Crippen LogP) is 12.0. The van der Waals surface area contributed by atoms with Crippen LogP contribution in [0.5, 0.6) is 11.5 Å². The van der Waals surface area contributed by atoms with Crippen molar-refractivity contribution in [2.24, 2.45) is 0 Å². The third-order valence-electron chi connectivity index (χ3n) is 10.2. The van der Waals surface area contributed by atoms with Crippen LogP contribution in [0.25, 0.3) is 33.3 Å². The van der Waals surface area contributed by atoms with Crippen LogP contribution in [0.4, 0.5) is 0 Å². The summed E-state index contributed by atoms with van der Waals surface area (Å²) in [6.45, 7) is 24.5. The first-order valence-corrected chi connectivity index (χ1v) is 18.3. The molecule has 274 valence electrons. The van der Waals surface area contributed by atoms with Gasteiger partial charge in [0, 0.05) is 45.2 Å². The third kappa shape index (κ3) is 7.38. The minimum atomic E-state index is -0.184. The standard InChI is InChI=1S/C47H50N4O.Pt/c1-44(2,3)32-24-25-48-43(27-32)50-39-23-20-33(47(10,11)31-16-13-12-14-17-31)26-38(39)37-22-21-36(29-40(37)50)52-35-19-15-18-34(28-35)51-42(46(7,8)9)30-41(49-51)45(4,5)6;/h12-27,30H,1-11H3;/q-2;+2. The molecule has 0 aliphatic carbocycles. The van der Waals surface area contributed by atoms with E-state index in [2.05, 4.69) is 166 Å². The number of benzene rings is 4. The second-order valence-electron chi connectivity index (χ2n) is 17.6. The number of hydrogen-bond donors (Lipinski definition) is 0. The Kier molecular flexibility index (Phi) is 9.92. The molecule has 7 aromatic rings. The van der Waals surface area contributed by atoms with Gasteiger partial charge in [0.15, 0.2) is 0 Å². The minimum Gasteiger partial charge on any atom is -0.509 e. The number of rotatable bonds is 6. The summed E-state index contributed by atoms with van der Waals surface area (Å²) in [6.07, 6.45) is 1.91. The Hall–Kier alpha value is -4.47. The summed E-state index contributed by atoms with van der Waals surface area (Å²) in [5.41, 5.74) is 8.33. The number of nitrogens with zero attached hydrogens (tertiary/aromatic N) is 4. The Labute approximate surface area is 329 Å². The molecule has 4 aromatic carbocycles. The van der Waals surface area contributed by atoms with Gasteiger partial charge < -0.3 is 9.30 Å². The fourth-order valence-electron chi connectivity index (χ4n) is 6.84. The maximum atomic E-state index is 6.56. The van der Waals surface area contributed by atoms with Crippen LogP contribution >= 0.6 is 0 Å². The topological polar surface area (TPSA) is 44.9 Å². The number of hydrogen-bond acceptors (Lipinski definition) is 3. The molecule has 0 bridgehead atoms. The Morgan fingerprint density at radius 2 is 1.30 bits per heavy atom. The Balaban J connectivity index is 0.00000481. The summed E-state index contributed by atoms with van der Waals surface area (Å²) in [4.78, 5) is 4.91. The second kappa shape index (κ2) is 13.7. The molecule has 0 unspecified atom stereocenters. The normalized spacial score (nSPS) is 12.7. The van der Waals surface area contributed by atoms with E-state index in [1.54, 1.807) is 0 Å². The van der Waals surface area contributed by atoms with Gasteiger partial charge in [-0.15, -0.1) is 35.7 Å². The van der Waals surface area contributed by atoms with Gasteiger partial charge in [-0.25, -0.2) is 4.98 Å². The first kappa shape index (κ1) is 38.3. The van der Waals surface area contributed by atoms with Gasteiger partial charge in [-0.1, -0.05) is 124 Å². The summed E-state index contributed by atoms with van der Waals surface area (Å²) in [7, 11) is 0. The first-order valence-electron chi connectivity index (χ1n) is 18.3. The molecule has 0 aliphatic heterocycles. The zero-order valence-electron chi connectivity index (χ0n) is 32.8. The van der Waals surface area contributed by atoms with Crippen molar-refractivity contribution in [1.29, 1.82) is 0 Å². The van der Waals surface area contributed by atoms with Crippen molar-refractivity contribution in [3.8, 4) is 23.0 Å². The van der Waals surface area contributed by atoms with E-state index in [1.165, 1.54) is 16.7 Å². The SMILES string of the molecule is CC(C)(C)c1ccnc(-n2c3[c-]c(Oc4[c-]c(-n5nc(C(C)(C)C)cc5C(C)(C)C)ccc4)ccc3c3cc(C(C)(C)c4ccccc4)ccc32)c1.[Pt+2]. The molecule has 3 aromatic heterocycles. The Morgan fingerprint density at radius 3 is 1.98 bits per heavy atom. The van der Waals surface area contributed by atoms with Crippen LogP contribution in [-0.2, 0) is 42.7 Å². The quantitative estimate of drug-likeness (QED) is 0.156. The molecular weight excluding hydrogens is 832 g/mol. The van der Waals surface area contributed by atoms with Gasteiger partial charge in [-0.05, 0) is 57.4 Å². The largest absolute Gasteiger partial charge is 2.00 e. The van der Waals surface area contributed by atoms with Gasteiger partial charge in [0.05, 0.1) is 5.69 Å². The maximum Gasteiger partial charge on any atom is 2.00 e. The molecule has 0 spiro atoms. The van der Waals surface area contributed by atoms with E-state index in [9.17, 15) is 0 Å². The van der Waals surface area contributed by atoms with Crippen LogP contribution in [0.15, 0.2) is 103 Å². The molecule has 5 nitrogen and oxygen atoms in total. The van der Waals surface area contributed by atoms with Crippen molar-refractivity contribution < 1.29 is 25.8 Å². The molecular formula is C47H50N4OPt. The van der Waals surface area contributed by atoms with Crippen LogP contribution in [0, 0.1) is 12.1 Å². The maximum absolute atomic E-state index is 6.56. The van der Waals surface area contributed by atoms with Crippen LogP contribution in [0.1, 0.15) is 104 Å². The summed E-state index contributed by atoms with van der Waals surface area (Å²) in [5.74, 6) is 2.06. The summed E-state index contributed by atoms with van der Waals surface area (Å²) in [5, 5.41) is 7.30. The van der Waals surface area contributed by atoms with Gasteiger partial charge in [-0.2, -0.15) is 17.2 Å². The molecule has 3 heterocycles. The minimum absolute atomic E-state index is 0. The van der Waals surface area contributed by atoms with Crippen molar-refractivity contribution in [2.75, 3.05) is 0 Å². The van der Waals surface area contributed by atoms with E-state index in [-0.39, 0.29) is 42.7 Å². The van der Waals surface area contributed by atoms with E-state index in [1.807, 2.05) is 35.1 Å². The second-order valence-corrected chi connectivity index (χ2v) is 17.6. The predicted molar refractivity (Wildman–Crippen MR) is 215 cm³/mol. The van der Waals surface area contributed by atoms with E-state index in [0.717, 1.165) is 44.7 Å². The molecule has 0 radical (unpaired) electrons. The van der Waals surface area contributed by atoms with Gasteiger partial charge in [0.2, 0.25) is 0 Å². The smallest absolute Gasteiger partial charge is 0.509 e. The van der Waals surface area contributed by atoms with Gasteiger partial charge in [-0.3, -0.25) is 4.68 Å². The fraction of sp³-hybridized carbons (Fsp3) is 0.319. The van der Waals surface area contributed by atoms with Crippen molar-refractivity contribution in [1.82, 2.24) is 19.3 Å². The average Bonchev–Trinajstić information content (AvgIpc) is 3.69. The first-order chi connectivity index (χ1) is 24.4. The van der Waals surface area contributed by atoms with Crippen molar-refractivity contribution in [3.63, 3.8) is 0 Å². The zero-order valence-corrected chi connectivity index (χ0v) is 35.1. The van der Waals surface area contributed by atoms with E-state index >= 15 is 0 Å². The monoisotopic (exact) mass is 881 g/mol. The number of fused-ring (bicyclic) bond motifs is 3. The van der Waals surface area contributed by atoms with Gasteiger partial charge >= 0.3 is 21.1 Å². The van der Waals surface area contributed by atoms with Crippen LogP contribution in [-0.4, -0.2) is 19.3 Å². The summed E-state index contributed by atoms with van der Waals surface area (Å²) < 4.78 is 10.8. The van der Waals surface area contributed by atoms with Gasteiger partial charge in [0.25, 0.3) is 0 Å². The molecule has 6 heteroatoms. The zero-order chi connectivity index (χ0) is 37.2. The fourth-order valence-corrected chi connectivity index (χ4v) is 6.84. The van der Waals surface area contributed by atoms with Crippen LogP contribution < -0.4 is 4.74 Å². The molecule has 0 aliphatic rings. The van der Waals surface area contributed by atoms with Crippen molar-refractivity contribution >= 4 is 21.8 Å². The average molecular weight is 882 g/mol. The summed E-state index contributed by atoms with van der Waals surface area (Å²) in [6, 6.07) is 41.3. The van der Waals surface area contributed by atoms with E-state index in [0.29, 0.717) is 11.5 Å². The third-order valence-corrected chi connectivity index (χ3v) is 10.2. The van der Waals surface area contributed by atoms with E-state index < -0.39 is 0 Å². The molecule has 53 heavy (non-hydrogen) atoms. The van der Waals surface area contributed by atoms with Crippen LogP contribution in [0.2, 0.25) is 0 Å². The van der Waals surface area contributed by atoms with E-state index in [4.69, 9.17) is 14.8 Å². The molecule has 0 N–H and O–H groups in total. The number of aromatic nitrogens is 4. The number of ether oxygens (including phenoxy) is 1. The molecule has 0 saturated carbocycles. The van der Waals surface area contributed by atoms with Gasteiger partial charge in [0.1, 0.15) is 5.82 Å². The van der Waals surface area contributed by atoms with Crippen LogP contribution in [0.3, 0.4) is 0 Å². The Morgan fingerprint density at radius 1 is 0.585 bits per heavy atom. The number of pyridine rings is 1. The molecule has 0 atom stereocenters. The molecule has 7 rings (SSSR count).